The van der Waals surface area contributed by atoms with Gasteiger partial charge in [0.05, 0.1) is 17.5 Å². The van der Waals surface area contributed by atoms with Gasteiger partial charge in [0.25, 0.3) is 0 Å². The fraction of sp³-hybridized carbons (Fsp3) is 0.316. The Hall–Kier alpha value is -2.89. The lowest BCUT2D eigenvalue weighted by Gasteiger charge is -2.16. The molecule has 6 nitrogen and oxygen atoms in total. The molecule has 1 aromatic heterocycles. The van der Waals surface area contributed by atoms with Crippen molar-refractivity contribution in [1.29, 1.82) is 0 Å². The van der Waals surface area contributed by atoms with Gasteiger partial charge in [-0.3, -0.25) is 14.6 Å². The van der Waals surface area contributed by atoms with Crippen LogP contribution in [-0.4, -0.2) is 22.0 Å². The van der Waals surface area contributed by atoms with E-state index in [0.717, 1.165) is 0 Å². The summed E-state index contributed by atoms with van der Waals surface area (Å²) >= 11 is 0. The summed E-state index contributed by atoms with van der Waals surface area (Å²) in [6, 6.07) is 10.5. The minimum absolute atomic E-state index is 0.0870. The number of hydrogen-bond donors (Lipinski definition) is 2. The molecule has 1 aliphatic rings. The Balaban J connectivity index is 1.62. The lowest BCUT2D eigenvalue weighted by Crippen LogP contribution is -2.28. The third kappa shape index (κ3) is 3.33. The van der Waals surface area contributed by atoms with Crippen LogP contribution < -0.4 is 10.1 Å². The third-order valence-corrected chi connectivity index (χ3v) is 4.74. The van der Waals surface area contributed by atoms with Crippen molar-refractivity contribution < 1.29 is 19.4 Å². The highest BCUT2D eigenvalue weighted by Crippen LogP contribution is 2.58. The largest absolute Gasteiger partial charge is 0.481 e. The Morgan fingerprint density at radius 1 is 1.24 bits per heavy atom. The standard InChI is InChI=1S/C19H20N2O4/c1-12(2)19(18(23)24)10-16(19)17(22)21-13-5-7-14(8-6-13)25-15-4-3-9-20-11-15/h3-9,11-12,16H,10H2,1-2H3,(H,21,22)(H,23,24). The Labute approximate surface area is 145 Å². The second-order valence-corrected chi connectivity index (χ2v) is 6.56. The molecule has 0 saturated heterocycles. The van der Waals surface area contributed by atoms with Crippen LogP contribution in [0.25, 0.3) is 0 Å². The van der Waals surface area contributed by atoms with Crippen molar-refractivity contribution in [1.82, 2.24) is 4.98 Å². The van der Waals surface area contributed by atoms with Crippen molar-refractivity contribution in [3.8, 4) is 11.5 Å². The van der Waals surface area contributed by atoms with Gasteiger partial charge in [-0.25, -0.2) is 0 Å². The van der Waals surface area contributed by atoms with Crippen LogP contribution in [0.4, 0.5) is 5.69 Å². The van der Waals surface area contributed by atoms with Gasteiger partial charge in [-0.2, -0.15) is 0 Å². The number of ether oxygens (including phenoxy) is 1. The number of carbonyl (C=O) groups excluding carboxylic acids is 1. The molecule has 1 aromatic carbocycles. The van der Waals surface area contributed by atoms with Gasteiger partial charge in [0.1, 0.15) is 11.5 Å². The molecule has 1 amide bonds. The number of benzene rings is 1. The summed E-state index contributed by atoms with van der Waals surface area (Å²) in [6.45, 7) is 3.68. The molecule has 6 heteroatoms. The smallest absolute Gasteiger partial charge is 0.310 e. The second kappa shape index (κ2) is 6.55. The fourth-order valence-electron chi connectivity index (χ4n) is 3.11. The Bertz CT molecular complexity index is 774. The van der Waals surface area contributed by atoms with E-state index < -0.39 is 17.3 Å². The summed E-state index contributed by atoms with van der Waals surface area (Å²) in [5.41, 5.74) is -0.327. The minimum Gasteiger partial charge on any atom is -0.481 e. The van der Waals surface area contributed by atoms with Crippen LogP contribution in [-0.2, 0) is 9.59 Å². The molecule has 1 saturated carbocycles. The second-order valence-electron chi connectivity index (χ2n) is 6.56. The van der Waals surface area contributed by atoms with Gasteiger partial charge in [-0.1, -0.05) is 13.8 Å². The van der Waals surface area contributed by atoms with E-state index in [9.17, 15) is 14.7 Å². The van der Waals surface area contributed by atoms with Crippen LogP contribution in [0.15, 0.2) is 48.8 Å². The van der Waals surface area contributed by atoms with Gasteiger partial charge in [-0.05, 0) is 48.7 Å². The molecule has 0 bridgehead atoms. The van der Waals surface area contributed by atoms with Crippen LogP contribution in [0.3, 0.4) is 0 Å². The maximum absolute atomic E-state index is 12.4. The van der Waals surface area contributed by atoms with Crippen LogP contribution in [0.2, 0.25) is 0 Å². The molecule has 1 heterocycles. The van der Waals surface area contributed by atoms with E-state index in [2.05, 4.69) is 10.3 Å². The van der Waals surface area contributed by atoms with Crippen molar-refractivity contribution >= 4 is 17.6 Å². The topological polar surface area (TPSA) is 88.5 Å². The number of rotatable bonds is 6. The van der Waals surface area contributed by atoms with E-state index in [0.29, 0.717) is 23.6 Å². The van der Waals surface area contributed by atoms with Crippen LogP contribution >= 0.6 is 0 Å². The summed E-state index contributed by atoms with van der Waals surface area (Å²) in [5.74, 6) is -0.479. The number of amides is 1. The SMILES string of the molecule is CC(C)C1(C(=O)O)CC1C(=O)Nc1ccc(Oc2cccnc2)cc1. The van der Waals surface area contributed by atoms with Gasteiger partial charge < -0.3 is 15.2 Å². The van der Waals surface area contributed by atoms with Crippen molar-refractivity contribution in [3.63, 3.8) is 0 Å². The van der Waals surface area contributed by atoms with Crippen molar-refractivity contribution in [3.05, 3.63) is 48.8 Å². The molecule has 0 aliphatic heterocycles. The summed E-state index contributed by atoms with van der Waals surface area (Å²) in [6.07, 6.45) is 3.66. The maximum Gasteiger partial charge on any atom is 0.310 e. The number of aliphatic carboxylic acids is 1. The van der Waals surface area contributed by atoms with Crippen LogP contribution in [0, 0.1) is 17.3 Å². The summed E-state index contributed by atoms with van der Waals surface area (Å²) in [4.78, 5) is 27.8. The summed E-state index contributed by atoms with van der Waals surface area (Å²) in [5, 5.41) is 12.2. The predicted octanol–water partition coefficient (Wildman–Crippen LogP) is 3.56. The Kier molecular flexibility index (Phi) is 4.44. The first kappa shape index (κ1) is 17.0. The van der Waals surface area contributed by atoms with E-state index in [4.69, 9.17) is 4.74 Å². The van der Waals surface area contributed by atoms with Crippen LogP contribution in [0.1, 0.15) is 20.3 Å². The Morgan fingerprint density at radius 3 is 2.48 bits per heavy atom. The lowest BCUT2D eigenvalue weighted by molar-refractivity contribution is -0.147. The maximum atomic E-state index is 12.4. The molecule has 2 aromatic rings. The first-order valence-electron chi connectivity index (χ1n) is 8.15. The number of aromatic nitrogens is 1. The Morgan fingerprint density at radius 2 is 1.96 bits per heavy atom. The number of carboxylic acid groups (broad SMARTS) is 1. The molecule has 2 N–H and O–H groups in total. The van der Waals surface area contributed by atoms with Crippen molar-refractivity contribution in [2.45, 2.75) is 20.3 Å². The zero-order chi connectivity index (χ0) is 18.0. The van der Waals surface area contributed by atoms with E-state index in [1.807, 2.05) is 13.8 Å². The van der Waals surface area contributed by atoms with Crippen molar-refractivity contribution in [2.75, 3.05) is 5.32 Å². The molecule has 0 spiro atoms. The van der Waals surface area contributed by atoms with Gasteiger partial charge in [-0.15, -0.1) is 0 Å². The number of nitrogens with zero attached hydrogens (tertiary/aromatic N) is 1. The number of hydrogen-bond acceptors (Lipinski definition) is 4. The average molecular weight is 340 g/mol. The minimum atomic E-state index is -0.937. The van der Waals surface area contributed by atoms with Crippen molar-refractivity contribution in [2.24, 2.45) is 17.3 Å². The quantitative estimate of drug-likeness (QED) is 0.839. The molecular weight excluding hydrogens is 320 g/mol. The zero-order valence-corrected chi connectivity index (χ0v) is 14.1. The monoisotopic (exact) mass is 340 g/mol. The fourth-order valence-corrected chi connectivity index (χ4v) is 3.11. The molecule has 1 aliphatic carbocycles. The third-order valence-electron chi connectivity index (χ3n) is 4.74. The number of anilines is 1. The first-order valence-corrected chi connectivity index (χ1v) is 8.15. The predicted molar refractivity (Wildman–Crippen MR) is 92.4 cm³/mol. The highest BCUT2D eigenvalue weighted by Gasteiger charge is 2.65. The summed E-state index contributed by atoms with van der Waals surface area (Å²) < 4.78 is 5.64. The van der Waals surface area contributed by atoms with E-state index in [1.165, 1.54) is 0 Å². The van der Waals surface area contributed by atoms with Gasteiger partial charge >= 0.3 is 5.97 Å². The average Bonchev–Trinajstić information content (AvgIpc) is 3.35. The van der Waals surface area contributed by atoms with Crippen LogP contribution in [0.5, 0.6) is 11.5 Å². The molecule has 1 fully saturated rings. The molecule has 0 radical (unpaired) electrons. The van der Waals surface area contributed by atoms with Gasteiger partial charge in [0.15, 0.2) is 0 Å². The number of carboxylic acids is 1. The normalized spacial score (nSPS) is 21.6. The van der Waals surface area contributed by atoms with Gasteiger partial charge in [0, 0.05) is 11.9 Å². The molecule has 25 heavy (non-hydrogen) atoms. The molecular formula is C19H20N2O4. The number of carbonyl (C=O) groups is 2. The lowest BCUT2D eigenvalue weighted by atomic mass is 9.89. The van der Waals surface area contributed by atoms with E-state index >= 15 is 0 Å². The zero-order valence-electron chi connectivity index (χ0n) is 14.1. The molecule has 2 unspecified atom stereocenters. The first-order chi connectivity index (χ1) is 11.9. The van der Waals surface area contributed by atoms with E-state index in [1.54, 1.807) is 48.8 Å². The molecule has 130 valence electrons. The van der Waals surface area contributed by atoms with E-state index in [-0.39, 0.29) is 11.8 Å². The van der Waals surface area contributed by atoms with Gasteiger partial charge in [0.2, 0.25) is 5.91 Å². The highest BCUT2D eigenvalue weighted by molar-refractivity contribution is 6.00. The highest BCUT2D eigenvalue weighted by atomic mass is 16.5. The summed E-state index contributed by atoms with van der Waals surface area (Å²) in [7, 11) is 0. The number of pyridine rings is 1. The number of nitrogens with one attached hydrogen (secondary N) is 1. The molecule has 3 rings (SSSR count). The molecule has 2 atom stereocenters.